The zero-order chi connectivity index (χ0) is 21.7. The standard InChI is InChI=1S/C24H32N2O4/c1-15-12-21(30-14-18-6-5-9-25-13-18)17(3)22-19(15)7-8-20(23(22)27)16(2)24(28)26-10-11-29-4/h5-6,9,12-13,16,20,23,27H,7-8,10-11,14H2,1-4H3,(H,26,28)/t16-,20-,23+/m0/s1. The lowest BCUT2D eigenvalue weighted by Crippen LogP contribution is -2.38. The molecule has 3 atom stereocenters. The van der Waals surface area contributed by atoms with Crippen molar-refractivity contribution in [3.8, 4) is 5.75 Å². The minimum atomic E-state index is -0.697. The van der Waals surface area contributed by atoms with Gasteiger partial charge < -0.3 is 19.9 Å². The Labute approximate surface area is 178 Å². The van der Waals surface area contributed by atoms with Gasteiger partial charge in [-0.1, -0.05) is 13.0 Å². The largest absolute Gasteiger partial charge is 0.489 e. The average molecular weight is 413 g/mol. The molecule has 6 heteroatoms. The fraction of sp³-hybridized carbons (Fsp3) is 0.500. The van der Waals surface area contributed by atoms with Crippen LogP contribution in [0, 0.1) is 25.7 Å². The van der Waals surface area contributed by atoms with Crippen LogP contribution < -0.4 is 10.1 Å². The van der Waals surface area contributed by atoms with Crippen molar-refractivity contribution in [3.63, 3.8) is 0 Å². The molecule has 0 spiro atoms. The molecule has 1 heterocycles. The summed E-state index contributed by atoms with van der Waals surface area (Å²) < 4.78 is 11.1. The van der Waals surface area contributed by atoms with E-state index in [1.54, 1.807) is 19.5 Å². The highest BCUT2D eigenvalue weighted by Gasteiger charge is 2.37. The summed E-state index contributed by atoms with van der Waals surface area (Å²) in [6, 6.07) is 5.91. The van der Waals surface area contributed by atoms with Gasteiger partial charge in [-0.3, -0.25) is 9.78 Å². The van der Waals surface area contributed by atoms with Crippen LogP contribution in [0.15, 0.2) is 30.6 Å². The number of nitrogens with zero attached hydrogens (tertiary/aromatic N) is 1. The van der Waals surface area contributed by atoms with Gasteiger partial charge in [0.25, 0.3) is 0 Å². The number of amides is 1. The Balaban J connectivity index is 1.80. The number of fused-ring (bicyclic) bond motifs is 1. The fourth-order valence-electron chi connectivity index (χ4n) is 4.33. The predicted molar refractivity (Wildman–Crippen MR) is 115 cm³/mol. The fourth-order valence-corrected chi connectivity index (χ4v) is 4.33. The van der Waals surface area contributed by atoms with Crippen LogP contribution in [-0.2, 0) is 22.6 Å². The van der Waals surface area contributed by atoms with Gasteiger partial charge in [0.2, 0.25) is 5.91 Å². The number of nitrogens with one attached hydrogen (secondary N) is 1. The van der Waals surface area contributed by atoms with Crippen LogP contribution in [0.25, 0.3) is 0 Å². The Morgan fingerprint density at radius 1 is 1.40 bits per heavy atom. The molecule has 0 unspecified atom stereocenters. The first kappa shape index (κ1) is 22.2. The molecule has 0 fully saturated rings. The lowest BCUT2D eigenvalue weighted by molar-refractivity contribution is -0.128. The Hall–Kier alpha value is -2.44. The van der Waals surface area contributed by atoms with Gasteiger partial charge in [-0.05, 0) is 61.1 Å². The molecular formula is C24H32N2O4. The summed E-state index contributed by atoms with van der Waals surface area (Å²) in [6.07, 6.45) is 4.46. The number of aliphatic hydroxyl groups is 1. The molecule has 2 N–H and O–H groups in total. The predicted octanol–water partition coefficient (Wildman–Crippen LogP) is 3.27. The van der Waals surface area contributed by atoms with Gasteiger partial charge in [0, 0.05) is 43.4 Å². The number of benzene rings is 1. The highest BCUT2D eigenvalue weighted by atomic mass is 16.5. The average Bonchev–Trinajstić information content (AvgIpc) is 2.75. The molecule has 1 aromatic carbocycles. The molecule has 3 rings (SSSR count). The third kappa shape index (κ3) is 4.82. The van der Waals surface area contributed by atoms with E-state index in [1.165, 1.54) is 5.56 Å². The van der Waals surface area contributed by atoms with Crippen molar-refractivity contribution < 1.29 is 19.4 Å². The van der Waals surface area contributed by atoms with Gasteiger partial charge in [-0.15, -0.1) is 0 Å². The van der Waals surface area contributed by atoms with Crippen LogP contribution in [0.2, 0.25) is 0 Å². The number of aryl methyl sites for hydroxylation is 1. The van der Waals surface area contributed by atoms with E-state index in [9.17, 15) is 9.90 Å². The number of methoxy groups -OCH3 is 1. The van der Waals surface area contributed by atoms with E-state index < -0.39 is 6.10 Å². The van der Waals surface area contributed by atoms with E-state index in [2.05, 4.69) is 23.3 Å². The van der Waals surface area contributed by atoms with Crippen molar-refractivity contribution in [2.24, 2.45) is 11.8 Å². The number of carbonyl (C=O) groups excluding carboxylic acids is 1. The topological polar surface area (TPSA) is 80.7 Å². The van der Waals surface area contributed by atoms with Crippen molar-refractivity contribution >= 4 is 5.91 Å². The molecule has 6 nitrogen and oxygen atoms in total. The summed E-state index contributed by atoms with van der Waals surface area (Å²) in [4.78, 5) is 16.7. The van der Waals surface area contributed by atoms with E-state index in [1.807, 2.05) is 26.0 Å². The van der Waals surface area contributed by atoms with Crippen molar-refractivity contribution in [2.45, 2.75) is 46.3 Å². The molecule has 2 aromatic rings. The summed E-state index contributed by atoms with van der Waals surface area (Å²) in [6.45, 7) is 7.32. The van der Waals surface area contributed by atoms with Gasteiger partial charge >= 0.3 is 0 Å². The Kier molecular flexibility index (Phi) is 7.45. The number of ether oxygens (including phenoxy) is 2. The molecule has 0 aliphatic heterocycles. The van der Waals surface area contributed by atoms with E-state index in [4.69, 9.17) is 9.47 Å². The van der Waals surface area contributed by atoms with E-state index in [0.717, 1.165) is 40.8 Å². The number of pyridine rings is 1. The van der Waals surface area contributed by atoms with E-state index in [0.29, 0.717) is 19.8 Å². The first-order valence-corrected chi connectivity index (χ1v) is 10.5. The van der Waals surface area contributed by atoms with Gasteiger partial charge in [0.05, 0.1) is 12.7 Å². The highest BCUT2D eigenvalue weighted by Crippen LogP contribution is 2.44. The maximum atomic E-state index is 12.5. The monoisotopic (exact) mass is 412 g/mol. The molecular weight excluding hydrogens is 380 g/mol. The maximum Gasteiger partial charge on any atom is 0.223 e. The maximum absolute atomic E-state index is 12.5. The minimum absolute atomic E-state index is 0.0436. The van der Waals surface area contributed by atoms with Gasteiger partial charge in [0.15, 0.2) is 0 Å². The summed E-state index contributed by atoms with van der Waals surface area (Å²) in [5.41, 5.74) is 5.16. The normalized spacial score (nSPS) is 19.1. The second kappa shape index (κ2) is 10.0. The number of hydrogen-bond donors (Lipinski definition) is 2. The molecule has 1 aliphatic carbocycles. The van der Waals surface area contributed by atoms with Gasteiger partial charge in [0.1, 0.15) is 12.4 Å². The van der Waals surface area contributed by atoms with Crippen LogP contribution in [-0.4, -0.2) is 36.3 Å². The second-order valence-corrected chi connectivity index (χ2v) is 8.08. The third-order valence-corrected chi connectivity index (χ3v) is 6.13. The molecule has 1 aliphatic rings. The van der Waals surface area contributed by atoms with Gasteiger partial charge in [-0.2, -0.15) is 0 Å². The lowest BCUT2D eigenvalue weighted by atomic mass is 9.72. The third-order valence-electron chi connectivity index (χ3n) is 6.13. The SMILES string of the molecule is COCCNC(=O)[C@@H](C)[C@@H]1CCc2c(C)cc(OCc3cccnc3)c(C)c2[C@@H]1O. The van der Waals surface area contributed by atoms with Crippen LogP contribution in [0.5, 0.6) is 5.75 Å². The minimum Gasteiger partial charge on any atom is -0.489 e. The van der Waals surface area contributed by atoms with Crippen LogP contribution in [0.3, 0.4) is 0 Å². The summed E-state index contributed by atoms with van der Waals surface area (Å²) in [5, 5.41) is 14.2. The molecule has 0 saturated carbocycles. The first-order chi connectivity index (χ1) is 14.4. The number of aromatic nitrogens is 1. The molecule has 0 radical (unpaired) electrons. The summed E-state index contributed by atoms with van der Waals surface area (Å²) in [5.74, 6) is 0.307. The molecule has 1 aromatic heterocycles. The van der Waals surface area contributed by atoms with Crippen molar-refractivity contribution in [3.05, 3.63) is 58.4 Å². The molecule has 162 valence electrons. The van der Waals surface area contributed by atoms with Crippen LogP contribution in [0.1, 0.15) is 47.3 Å². The van der Waals surface area contributed by atoms with Gasteiger partial charge in [-0.25, -0.2) is 0 Å². The number of rotatable bonds is 8. The Morgan fingerprint density at radius 2 is 2.20 bits per heavy atom. The Morgan fingerprint density at radius 3 is 2.90 bits per heavy atom. The lowest BCUT2D eigenvalue weighted by Gasteiger charge is -2.36. The quantitative estimate of drug-likeness (QED) is 0.651. The van der Waals surface area contributed by atoms with Crippen LogP contribution >= 0.6 is 0 Å². The number of carbonyl (C=O) groups is 1. The van der Waals surface area contributed by atoms with E-state index >= 15 is 0 Å². The molecule has 0 bridgehead atoms. The Bertz CT molecular complexity index is 869. The summed E-state index contributed by atoms with van der Waals surface area (Å²) in [7, 11) is 1.61. The zero-order valence-electron chi connectivity index (χ0n) is 18.3. The zero-order valence-corrected chi connectivity index (χ0v) is 18.3. The summed E-state index contributed by atoms with van der Waals surface area (Å²) >= 11 is 0. The first-order valence-electron chi connectivity index (χ1n) is 10.5. The van der Waals surface area contributed by atoms with E-state index in [-0.39, 0.29) is 17.7 Å². The second-order valence-electron chi connectivity index (χ2n) is 8.08. The highest BCUT2D eigenvalue weighted by molar-refractivity contribution is 5.78. The molecule has 30 heavy (non-hydrogen) atoms. The van der Waals surface area contributed by atoms with Crippen molar-refractivity contribution in [1.82, 2.24) is 10.3 Å². The number of hydrogen-bond acceptors (Lipinski definition) is 5. The van der Waals surface area contributed by atoms with Crippen LogP contribution in [0.4, 0.5) is 0 Å². The van der Waals surface area contributed by atoms with Crippen molar-refractivity contribution in [2.75, 3.05) is 20.3 Å². The molecule has 1 amide bonds. The van der Waals surface area contributed by atoms with Crippen molar-refractivity contribution in [1.29, 1.82) is 0 Å². The smallest absolute Gasteiger partial charge is 0.223 e. The number of aliphatic hydroxyl groups excluding tert-OH is 1. The molecule has 0 saturated heterocycles.